The lowest BCUT2D eigenvalue weighted by Gasteiger charge is -2.41. The van der Waals surface area contributed by atoms with E-state index < -0.39 is 0 Å². The molecular weight excluding hydrogens is 344 g/mol. The molecule has 0 heterocycles. The van der Waals surface area contributed by atoms with Crippen molar-refractivity contribution in [1.29, 1.82) is 0 Å². The molecule has 140 valence electrons. The van der Waals surface area contributed by atoms with E-state index in [2.05, 4.69) is 20.8 Å². The molecule has 0 bridgehead atoms. The van der Waals surface area contributed by atoms with Crippen LogP contribution >= 0.6 is 23.5 Å². The standard InChI is InChI=1S/C18H32O4S2/c1-12(2)14-11-15(23-8-6-17(19)21-4)13(3)10-16(14)24-9-7-18(20)22-5/h12-16H,6-11H2,1-5H3. The van der Waals surface area contributed by atoms with Crippen LogP contribution in [0.4, 0.5) is 0 Å². The molecule has 4 unspecified atom stereocenters. The van der Waals surface area contributed by atoms with Crippen LogP contribution < -0.4 is 0 Å². The average molecular weight is 377 g/mol. The number of rotatable bonds is 9. The maximum Gasteiger partial charge on any atom is 0.306 e. The molecular formula is C18H32O4S2. The highest BCUT2D eigenvalue weighted by Gasteiger charge is 2.36. The number of carbonyl (C=O) groups is 2. The predicted molar refractivity (Wildman–Crippen MR) is 102 cm³/mol. The topological polar surface area (TPSA) is 52.6 Å². The maximum atomic E-state index is 11.3. The van der Waals surface area contributed by atoms with Crippen LogP contribution in [0.25, 0.3) is 0 Å². The zero-order chi connectivity index (χ0) is 18.1. The number of ether oxygens (including phenoxy) is 2. The lowest BCUT2D eigenvalue weighted by Crippen LogP contribution is -2.37. The molecule has 0 aromatic rings. The molecule has 1 fully saturated rings. The molecule has 0 spiro atoms. The molecule has 1 aliphatic carbocycles. The number of thioether (sulfide) groups is 2. The van der Waals surface area contributed by atoms with E-state index in [9.17, 15) is 9.59 Å². The van der Waals surface area contributed by atoms with Crippen LogP contribution in [0, 0.1) is 17.8 Å². The Morgan fingerprint density at radius 3 is 1.92 bits per heavy atom. The quantitative estimate of drug-likeness (QED) is 0.567. The first-order valence-electron chi connectivity index (χ1n) is 8.75. The summed E-state index contributed by atoms with van der Waals surface area (Å²) in [7, 11) is 2.89. The van der Waals surface area contributed by atoms with Crippen LogP contribution in [-0.4, -0.2) is 48.2 Å². The zero-order valence-corrected chi connectivity index (χ0v) is 17.2. The van der Waals surface area contributed by atoms with Gasteiger partial charge in [-0.3, -0.25) is 9.59 Å². The first kappa shape index (κ1) is 21.7. The fourth-order valence-electron chi connectivity index (χ4n) is 3.26. The third-order valence-electron chi connectivity index (χ3n) is 4.81. The van der Waals surface area contributed by atoms with Crippen molar-refractivity contribution in [2.24, 2.45) is 17.8 Å². The summed E-state index contributed by atoms with van der Waals surface area (Å²) in [6, 6.07) is 0. The van der Waals surface area contributed by atoms with Crippen molar-refractivity contribution in [1.82, 2.24) is 0 Å². The molecule has 24 heavy (non-hydrogen) atoms. The van der Waals surface area contributed by atoms with E-state index in [1.165, 1.54) is 27.1 Å². The van der Waals surface area contributed by atoms with Gasteiger partial charge in [-0.1, -0.05) is 20.8 Å². The van der Waals surface area contributed by atoms with Gasteiger partial charge in [0.1, 0.15) is 0 Å². The smallest absolute Gasteiger partial charge is 0.306 e. The molecule has 0 radical (unpaired) electrons. The van der Waals surface area contributed by atoms with Crippen molar-refractivity contribution in [3.8, 4) is 0 Å². The highest BCUT2D eigenvalue weighted by atomic mass is 32.2. The number of carbonyl (C=O) groups excluding carboxylic acids is 2. The molecule has 4 nitrogen and oxygen atoms in total. The summed E-state index contributed by atoms with van der Waals surface area (Å²) in [5.74, 6) is 3.38. The second-order valence-electron chi connectivity index (χ2n) is 6.83. The van der Waals surface area contributed by atoms with Crippen molar-refractivity contribution in [3.05, 3.63) is 0 Å². The van der Waals surface area contributed by atoms with E-state index in [-0.39, 0.29) is 11.9 Å². The van der Waals surface area contributed by atoms with Gasteiger partial charge < -0.3 is 9.47 Å². The highest BCUT2D eigenvalue weighted by Crippen LogP contribution is 2.44. The molecule has 0 aromatic carbocycles. The number of esters is 2. The summed E-state index contributed by atoms with van der Waals surface area (Å²) in [5.41, 5.74) is 0. The summed E-state index contributed by atoms with van der Waals surface area (Å²) in [5, 5.41) is 1.22. The summed E-state index contributed by atoms with van der Waals surface area (Å²) < 4.78 is 9.45. The van der Waals surface area contributed by atoms with Crippen molar-refractivity contribution >= 4 is 35.5 Å². The molecule has 1 saturated carbocycles. The molecule has 0 N–H and O–H groups in total. The molecule has 1 rings (SSSR count). The molecule has 0 saturated heterocycles. The van der Waals surface area contributed by atoms with E-state index >= 15 is 0 Å². The second-order valence-corrected chi connectivity index (χ2v) is 9.52. The van der Waals surface area contributed by atoms with Crippen molar-refractivity contribution in [2.45, 2.75) is 57.0 Å². The van der Waals surface area contributed by atoms with Crippen LogP contribution in [-0.2, 0) is 19.1 Å². The Labute approximate surface area is 155 Å². The van der Waals surface area contributed by atoms with Crippen molar-refractivity contribution in [2.75, 3.05) is 25.7 Å². The highest BCUT2D eigenvalue weighted by molar-refractivity contribution is 8.00. The van der Waals surface area contributed by atoms with E-state index in [0.717, 1.165) is 11.5 Å². The van der Waals surface area contributed by atoms with E-state index in [0.29, 0.717) is 41.1 Å². The van der Waals surface area contributed by atoms with Crippen molar-refractivity contribution < 1.29 is 19.1 Å². The second kappa shape index (κ2) is 11.3. The SMILES string of the molecule is COC(=O)CCSC1CC(C(C)C)C(SCCC(=O)OC)CC1C. The van der Waals surface area contributed by atoms with Crippen LogP contribution in [0.2, 0.25) is 0 Å². The minimum Gasteiger partial charge on any atom is -0.469 e. The first-order valence-corrected chi connectivity index (χ1v) is 10.9. The minimum atomic E-state index is -0.123. The fraction of sp³-hybridized carbons (Fsp3) is 0.889. The Kier molecular flexibility index (Phi) is 10.2. The van der Waals surface area contributed by atoms with Gasteiger partial charge in [0.05, 0.1) is 27.1 Å². The lowest BCUT2D eigenvalue weighted by molar-refractivity contribution is -0.141. The van der Waals surface area contributed by atoms with Gasteiger partial charge in [0.15, 0.2) is 0 Å². The van der Waals surface area contributed by atoms with E-state index in [1.54, 1.807) is 0 Å². The summed E-state index contributed by atoms with van der Waals surface area (Å²) in [6.07, 6.45) is 3.37. The Hall–Kier alpha value is -0.360. The third-order valence-corrected chi connectivity index (χ3v) is 7.74. The Morgan fingerprint density at radius 1 is 0.958 bits per heavy atom. The summed E-state index contributed by atoms with van der Waals surface area (Å²) in [4.78, 5) is 22.6. The van der Waals surface area contributed by atoms with Crippen LogP contribution in [0.1, 0.15) is 46.5 Å². The number of methoxy groups -OCH3 is 2. The number of hydrogen-bond acceptors (Lipinski definition) is 6. The summed E-state index contributed by atoms with van der Waals surface area (Å²) >= 11 is 3.85. The minimum absolute atomic E-state index is 0.122. The number of hydrogen-bond donors (Lipinski definition) is 0. The van der Waals surface area contributed by atoms with Gasteiger partial charge in [-0.25, -0.2) is 0 Å². The van der Waals surface area contributed by atoms with Crippen LogP contribution in [0.15, 0.2) is 0 Å². The largest absolute Gasteiger partial charge is 0.469 e. The van der Waals surface area contributed by atoms with Gasteiger partial charge >= 0.3 is 11.9 Å². The molecule has 0 amide bonds. The third kappa shape index (κ3) is 7.26. The van der Waals surface area contributed by atoms with Crippen LogP contribution in [0.3, 0.4) is 0 Å². The van der Waals surface area contributed by atoms with Gasteiger partial charge in [-0.2, -0.15) is 23.5 Å². The molecule has 1 aliphatic rings. The summed E-state index contributed by atoms with van der Waals surface area (Å²) in [6.45, 7) is 6.91. The van der Waals surface area contributed by atoms with E-state index in [1.807, 2.05) is 23.5 Å². The lowest BCUT2D eigenvalue weighted by atomic mass is 9.77. The predicted octanol–water partition coefficient (Wildman–Crippen LogP) is 4.02. The fourth-order valence-corrected chi connectivity index (χ4v) is 6.35. The van der Waals surface area contributed by atoms with Gasteiger partial charge in [0, 0.05) is 22.0 Å². The van der Waals surface area contributed by atoms with Gasteiger partial charge in [0.25, 0.3) is 0 Å². The average Bonchev–Trinajstić information content (AvgIpc) is 2.55. The molecule has 0 aromatic heterocycles. The van der Waals surface area contributed by atoms with E-state index in [4.69, 9.17) is 9.47 Å². The molecule has 0 aliphatic heterocycles. The zero-order valence-electron chi connectivity index (χ0n) is 15.6. The first-order chi connectivity index (χ1) is 11.4. The monoisotopic (exact) mass is 376 g/mol. The maximum absolute atomic E-state index is 11.3. The van der Waals surface area contributed by atoms with Crippen molar-refractivity contribution in [3.63, 3.8) is 0 Å². The van der Waals surface area contributed by atoms with Gasteiger partial charge in [-0.05, 0) is 30.6 Å². The molecule has 6 heteroatoms. The van der Waals surface area contributed by atoms with Gasteiger partial charge in [-0.15, -0.1) is 0 Å². The molecule has 4 atom stereocenters. The Bertz CT molecular complexity index is 400. The van der Waals surface area contributed by atoms with Crippen LogP contribution in [0.5, 0.6) is 0 Å². The van der Waals surface area contributed by atoms with Gasteiger partial charge in [0.2, 0.25) is 0 Å². The normalized spacial score (nSPS) is 27.1. The Morgan fingerprint density at radius 2 is 1.46 bits per heavy atom. The Balaban J connectivity index is 2.50.